The van der Waals surface area contributed by atoms with E-state index in [-0.39, 0.29) is 19.6 Å². The van der Waals surface area contributed by atoms with Gasteiger partial charge in [0.25, 0.3) is 0 Å². The van der Waals surface area contributed by atoms with Crippen LogP contribution < -0.4 is 5.32 Å². The summed E-state index contributed by atoms with van der Waals surface area (Å²) in [6, 6.07) is 8.64. The average Bonchev–Trinajstić information content (AvgIpc) is 2.50. The molecule has 0 saturated heterocycles. The van der Waals surface area contributed by atoms with Gasteiger partial charge < -0.3 is 19.9 Å². The number of rotatable bonds is 9. The summed E-state index contributed by atoms with van der Waals surface area (Å²) < 4.78 is 9.91. The molecule has 116 valence electrons. The van der Waals surface area contributed by atoms with Gasteiger partial charge >= 0.3 is 5.97 Å². The Morgan fingerprint density at radius 1 is 1.24 bits per heavy atom. The summed E-state index contributed by atoms with van der Waals surface area (Å²) in [5.41, 5.74) is -0.909. The van der Waals surface area contributed by atoms with Gasteiger partial charge in [0, 0.05) is 7.11 Å². The molecule has 1 unspecified atom stereocenters. The smallest absolute Gasteiger partial charge is 0.334 e. The normalized spacial score (nSPS) is 13.4. The molecule has 0 aromatic heterocycles. The number of aliphatic carboxylic acids is 1. The Morgan fingerprint density at radius 3 is 2.43 bits per heavy atom. The first-order valence-electron chi connectivity index (χ1n) is 6.73. The number of nitrogens with one attached hydrogen (secondary N) is 1. The molecule has 0 heterocycles. The van der Waals surface area contributed by atoms with Crippen molar-refractivity contribution < 1.29 is 24.2 Å². The highest BCUT2D eigenvalue weighted by Gasteiger charge is 2.40. The van der Waals surface area contributed by atoms with Crippen LogP contribution in [0.5, 0.6) is 0 Å². The third-order valence-electron chi connectivity index (χ3n) is 3.18. The minimum atomic E-state index is -1.44. The molecule has 1 aromatic carbocycles. The SMILES string of the molecule is CCC(NC(=O)COCCOC)(C(=O)O)c1ccccc1. The lowest BCUT2D eigenvalue weighted by Crippen LogP contribution is -2.52. The fourth-order valence-electron chi connectivity index (χ4n) is 2.00. The second-order valence-corrected chi connectivity index (χ2v) is 4.52. The van der Waals surface area contributed by atoms with Gasteiger partial charge in [0.05, 0.1) is 13.2 Å². The first kappa shape index (κ1) is 17.1. The number of ether oxygens (including phenoxy) is 2. The zero-order valence-electron chi connectivity index (χ0n) is 12.3. The van der Waals surface area contributed by atoms with Gasteiger partial charge in [0.15, 0.2) is 5.54 Å². The van der Waals surface area contributed by atoms with Crippen molar-refractivity contribution in [3.8, 4) is 0 Å². The maximum Gasteiger partial charge on any atom is 0.334 e. The number of amides is 1. The molecule has 0 aliphatic rings. The van der Waals surface area contributed by atoms with Crippen LogP contribution >= 0.6 is 0 Å². The summed E-state index contributed by atoms with van der Waals surface area (Å²) in [7, 11) is 1.53. The van der Waals surface area contributed by atoms with Crippen molar-refractivity contribution in [3.63, 3.8) is 0 Å². The fourth-order valence-corrected chi connectivity index (χ4v) is 2.00. The molecule has 1 amide bonds. The Bertz CT molecular complexity index is 462. The molecule has 0 saturated carbocycles. The molecule has 0 bridgehead atoms. The van der Waals surface area contributed by atoms with E-state index < -0.39 is 17.4 Å². The van der Waals surface area contributed by atoms with Crippen molar-refractivity contribution in [2.24, 2.45) is 0 Å². The van der Waals surface area contributed by atoms with Crippen molar-refractivity contribution >= 4 is 11.9 Å². The van der Waals surface area contributed by atoms with Gasteiger partial charge in [-0.3, -0.25) is 4.79 Å². The second-order valence-electron chi connectivity index (χ2n) is 4.52. The molecule has 0 radical (unpaired) electrons. The largest absolute Gasteiger partial charge is 0.479 e. The van der Waals surface area contributed by atoms with Crippen molar-refractivity contribution in [2.75, 3.05) is 26.9 Å². The van der Waals surface area contributed by atoms with Crippen LogP contribution in [-0.4, -0.2) is 43.9 Å². The lowest BCUT2D eigenvalue weighted by molar-refractivity contribution is -0.149. The Morgan fingerprint density at radius 2 is 1.90 bits per heavy atom. The topological polar surface area (TPSA) is 84.9 Å². The fraction of sp³-hybridized carbons (Fsp3) is 0.467. The number of hydrogen-bond donors (Lipinski definition) is 2. The van der Waals surface area contributed by atoms with Gasteiger partial charge in [-0.25, -0.2) is 4.79 Å². The molecular weight excluding hydrogens is 274 g/mol. The zero-order chi connectivity index (χ0) is 15.7. The highest BCUT2D eigenvalue weighted by atomic mass is 16.5. The molecule has 0 aliphatic heterocycles. The molecule has 0 aliphatic carbocycles. The van der Waals surface area contributed by atoms with E-state index >= 15 is 0 Å². The lowest BCUT2D eigenvalue weighted by Gasteiger charge is -2.30. The zero-order valence-corrected chi connectivity index (χ0v) is 12.3. The van der Waals surface area contributed by atoms with Crippen molar-refractivity contribution in [1.82, 2.24) is 5.32 Å². The Kier molecular flexibility index (Phi) is 6.84. The maximum absolute atomic E-state index is 11.9. The first-order chi connectivity index (χ1) is 10.1. The summed E-state index contributed by atoms with van der Waals surface area (Å²) >= 11 is 0. The summed E-state index contributed by atoms with van der Waals surface area (Å²) in [6.45, 7) is 2.17. The summed E-state index contributed by atoms with van der Waals surface area (Å²) in [5.74, 6) is -1.57. The van der Waals surface area contributed by atoms with Crippen LogP contribution in [0.2, 0.25) is 0 Å². The highest BCUT2D eigenvalue weighted by Crippen LogP contribution is 2.25. The van der Waals surface area contributed by atoms with Crippen molar-refractivity contribution in [1.29, 1.82) is 0 Å². The third kappa shape index (κ3) is 4.54. The maximum atomic E-state index is 11.9. The number of hydrogen-bond acceptors (Lipinski definition) is 4. The molecule has 21 heavy (non-hydrogen) atoms. The van der Waals surface area contributed by atoms with E-state index in [9.17, 15) is 14.7 Å². The van der Waals surface area contributed by atoms with E-state index in [1.165, 1.54) is 7.11 Å². The van der Waals surface area contributed by atoms with Gasteiger partial charge in [-0.05, 0) is 12.0 Å². The molecule has 2 N–H and O–H groups in total. The number of carboxylic acids is 1. The Balaban J connectivity index is 2.80. The van der Waals surface area contributed by atoms with Gasteiger partial charge in [-0.2, -0.15) is 0 Å². The quantitative estimate of drug-likeness (QED) is 0.668. The van der Waals surface area contributed by atoms with E-state index in [1.54, 1.807) is 37.3 Å². The number of carbonyl (C=O) groups excluding carboxylic acids is 1. The minimum Gasteiger partial charge on any atom is -0.479 e. The minimum absolute atomic E-state index is 0.203. The molecule has 0 spiro atoms. The van der Waals surface area contributed by atoms with Crippen molar-refractivity contribution in [2.45, 2.75) is 18.9 Å². The average molecular weight is 295 g/mol. The van der Waals surface area contributed by atoms with E-state index in [4.69, 9.17) is 9.47 Å². The predicted octanol–water partition coefficient (Wildman–Crippen LogP) is 1.16. The standard InChI is InChI=1S/C15H21NO5/c1-3-15(14(18)19,12-7-5-4-6-8-12)16-13(17)11-21-10-9-20-2/h4-8H,3,9-11H2,1-2H3,(H,16,17)(H,18,19). The van der Waals surface area contributed by atoms with Gasteiger partial charge in [-0.1, -0.05) is 37.3 Å². The van der Waals surface area contributed by atoms with Gasteiger partial charge in [0.2, 0.25) is 5.91 Å². The molecule has 0 fully saturated rings. The second kappa shape index (κ2) is 8.39. The third-order valence-corrected chi connectivity index (χ3v) is 3.18. The number of carbonyl (C=O) groups is 2. The van der Waals surface area contributed by atoms with Crippen LogP contribution in [0.3, 0.4) is 0 Å². The van der Waals surface area contributed by atoms with Crippen LogP contribution in [0.25, 0.3) is 0 Å². The number of benzene rings is 1. The number of carboxylic acid groups (broad SMARTS) is 1. The monoisotopic (exact) mass is 295 g/mol. The summed E-state index contributed by atoms with van der Waals surface area (Å²) in [4.78, 5) is 23.6. The van der Waals surface area contributed by atoms with Gasteiger partial charge in [-0.15, -0.1) is 0 Å². The van der Waals surface area contributed by atoms with Crippen LogP contribution in [0.1, 0.15) is 18.9 Å². The molecule has 6 heteroatoms. The van der Waals surface area contributed by atoms with Crippen LogP contribution in [0, 0.1) is 0 Å². The van der Waals surface area contributed by atoms with E-state index in [0.29, 0.717) is 12.2 Å². The molecular formula is C15H21NO5. The Hall–Kier alpha value is -1.92. The van der Waals surface area contributed by atoms with Crippen LogP contribution in [0.4, 0.5) is 0 Å². The summed E-state index contributed by atoms with van der Waals surface area (Å²) in [5, 5.41) is 12.1. The van der Waals surface area contributed by atoms with Crippen LogP contribution in [-0.2, 0) is 24.6 Å². The first-order valence-corrected chi connectivity index (χ1v) is 6.73. The molecule has 6 nitrogen and oxygen atoms in total. The van der Waals surface area contributed by atoms with E-state index in [2.05, 4.69) is 5.32 Å². The van der Waals surface area contributed by atoms with Crippen LogP contribution in [0.15, 0.2) is 30.3 Å². The molecule has 1 rings (SSSR count). The Labute approximate surface area is 124 Å². The lowest BCUT2D eigenvalue weighted by atomic mass is 9.87. The highest BCUT2D eigenvalue weighted by molar-refractivity contribution is 5.88. The van der Waals surface area contributed by atoms with E-state index in [0.717, 1.165) is 0 Å². The summed E-state index contributed by atoms with van der Waals surface area (Å²) in [6.07, 6.45) is 0.232. The molecule has 1 aromatic rings. The van der Waals surface area contributed by atoms with Gasteiger partial charge in [0.1, 0.15) is 6.61 Å². The number of methoxy groups -OCH3 is 1. The van der Waals surface area contributed by atoms with E-state index in [1.807, 2.05) is 0 Å². The predicted molar refractivity (Wildman–Crippen MR) is 76.9 cm³/mol. The van der Waals surface area contributed by atoms with Crippen molar-refractivity contribution in [3.05, 3.63) is 35.9 Å². The molecule has 1 atom stereocenters.